The molecule has 1 amide bonds. The highest BCUT2D eigenvalue weighted by Crippen LogP contribution is 2.44. The molecule has 2 saturated heterocycles. The molecule has 2 fully saturated rings. The van der Waals surface area contributed by atoms with E-state index in [0.717, 1.165) is 35.1 Å². The highest BCUT2D eigenvalue weighted by atomic mass is 32.2. The molecule has 3 heterocycles. The van der Waals surface area contributed by atoms with Gasteiger partial charge in [-0.05, 0) is 32.1 Å². The average molecular weight is 320 g/mol. The Morgan fingerprint density at radius 2 is 2.24 bits per heavy atom. The van der Waals surface area contributed by atoms with Crippen molar-refractivity contribution < 1.29 is 9.53 Å². The van der Waals surface area contributed by atoms with Crippen LogP contribution in [0.25, 0.3) is 0 Å². The van der Waals surface area contributed by atoms with E-state index >= 15 is 0 Å². The Bertz CT molecular complexity index is 637. The predicted molar refractivity (Wildman–Crippen MR) is 87.9 cm³/mol. The molecule has 4 rings (SSSR count). The Labute approximate surface area is 133 Å². The molecule has 1 aromatic rings. The van der Waals surface area contributed by atoms with E-state index in [1.807, 2.05) is 17.0 Å². The second-order valence-corrected chi connectivity index (χ2v) is 7.61. The summed E-state index contributed by atoms with van der Waals surface area (Å²) < 4.78 is 6.08. The van der Waals surface area contributed by atoms with E-state index in [2.05, 4.69) is 19.9 Å². The molecule has 0 radical (unpaired) electrons. The van der Waals surface area contributed by atoms with E-state index in [4.69, 9.17) is 17.0 Å². The zero-order valence-corrected chi connectivity index (χ0v) is 13.6. The standard InChI is InChI=1S/C15H16N2O2S2/c1-15(2)6-9-4-3-5-10(12(9)19-15)17-13(18)11-7-21-8-16(11)14(17)20/h3-5,11H,6-8H2,1-2H3. The van der Waals surface area contributed by atoms with Crippen LogP contribution in [0.5, 0.6) is 5.75 Å². The van der Waals surface area contributed by atoms with E-state index in [1.165, 1.54) is 0 Å². The summed E-state index contributed by atoms with van der Waals surface area (Å²) in [5.41, 5.74) is 1.72. The van der Waals surface area contributed by atoms with Crippen LogP contribution in [0.1, 0.15) is 19.4 Å². The maximum absolute atomic E-state index is 12.7. The Morgan fingerprint density at radius 3 is 3.00 bits per heavy atom. The molecule has 4 nitrogen and oxygen atoms in total. The van der Waals surface area contributed by atoms with E-state index in [-0.39, 0.29) is 17.6 Å². The number of nitrogens with zero attached hydrogens (tertiary/aromatic N) is 2. The van der Waals surface area contributed by atoms with Gasteiger partial charge in [0, 0.05) is 17.7 Å². The van der Waals surface area contributed by atoms with Crippen molar-refractivity contribution in [2.75, 3.05) is 16.5 Å². The lowest BCUT2D eigenvalue weighted by molar-refractivity contribution is -0.118. The molecule has 110 valence electrons. The van der Waals surface area contributed by atoms with E-state index in [9.17, 15) is 4.79 Å². The fourth-order valence-corrected chi connectivity index (χ4v) is 4.82. The Balaban J connectivity index is 1.78. The van der Waals surface area contributed by atoms with Crippen LogP contribution in [0, 0.1) is 0 Å². The maximum atomic E-state index is 12.7. The van der Waals surface area contributed by atoms with Crippen molar-refractivity contribution >= 4 is 40.7 Å². The first kappa shape index (κ1) is 13.4. The van der Waals surface area contributed by atoms with Gasteiger partial charge in [-0.1, -0.05) is 12.1 Å². The summed E-state index contributed by atoms with van der Waals surface area (Å²) in [6.45, 7) is 4.13. The van der Waals surface area contributed by atoms with Gasteiger partial charge in [-0.3, -0.25) is 9.69 Å². The van der Waals surface area contributed by atoms with Gasteiger partial charge >= 0.3 is 0 Å². The molecule has 1 aromatic carbocycles. The average Bonchev–Trinajstić information content (AvgIpc) is 3.05. The van der Waals surface area contributed by atoms with Crippen LogP contribution in [0.4, 0.5) is 5.69 Å². The van der Waals surface area contributed by atoms with Gasteiger partial charge in [0.05, 0.1) is 11.6 Å². The number of hydrogen-bond donors (Lipinski definition) is 0. The van der Waals surface area contributed by atoms with Crippen LogP contribution >= 0.6 is 24.0 Å². The zero-order valence-electron chi connectivity index (χ0n) is 12.0. The molecule has 3 aliphatic rings. The summed E-state index contributed by atoms with van der Waals surface area (Å²) in [6.07, 6.45) is 0.855. The Hall–Kier alpha value is -1.27. The van der Waals surface area contributed by atoms with Crippen molar-refractivity contribution in [2.24, 2.45) is 0 Å². The van der Waals surface area contributed by atoms with Gasteiger partial charge in [-0.2, -0.15) is 0 Å². The molecule has 3 aliphatic heterocycles. The molecule has 1 unspecified atom stereocenters. The second kappa shape index (κ2) is 4.36. The van der Waals surface area contributed by atoms with E-state index in [0.29, 0.717) is 5.11 Å². The SMILES string of the molecule is CC1(C)Cc2cccc(N3C(=O)C4CSCN4C3=S)c2O1. The van der Waals surface area contributed by atoms with Crippen molar-refractivity contribution in [1.29, 1.82) is 0 Å². The third kappa shape index (κ3) is 1.89. The molecule has 21 heavy (non-hydrogen) atoms. The summed E-state index contributed by atoms with van der Waals surface area (Å²) in [4.78, 5) is 16.4. The monoisotopic (exact) mass is 320 g/mol. The first-order valence-electron chi connectivity index (χ1n) is 7.01. The number of carbonyl (C=O) groups is 1. The van der Waals surface area contributed by atoms with Crippen molar-refractivity contribution in [3.63, 3.8) is 0 Å². The third-order valence-electron chi connectivity index (χ3n) is 4.14. The van der Waals surface area contributed by atoms with Crippen LogP contribution in [0.2, 0.25) is 0 Å². The molecule has 0 spiro atoms. The second-order valence-electron chi connectivity index (χ2n) is 6.25. The normalized spacial score (nSPS) is 26.1. The lowest BCUT2D eigenvalue weighted by atomic mass is 10.0. The van der Waals surface area contributed by atoms with Gasteiger partial charge in [-0.15, -0.1) is 11.8 Å². The molecule has 6 heteroatoms. The smallest absolute Gasteiger partial charge is 0.257 e. The molecule has 0 N–H and O–H groups in total. The minimum atomic E-state index is -0.227. The summed E-state index contributed by atoms with van der Waals surface area (Å²) in [6, 6.07) is 5.87. The summed E-state index contributed by atoms with van der Waals surface area (Å²) in [7, 11) is 0. The van der Waals surface area contributed by atoms with Crippen LogP contribution in [0.3, 0.4) is 0 Å². The summed E-state index contributed by atoms with van der Waals surface area (Å²) in [5.74, 6) is 2.50. The third-order valence-corrected chi connectivity index (χ3v) is 5.57. The topological polar surface area (TPSA) is 32.8 Å². The van der Waals surface area contributed by atoms with Gasteiger partial charge < -0.3 is 9.64 Å². The summed E-state index contributed by atoms with van der Waals surface area (Å²) >= 11 is 7.28. The number of benzene rings is 1. The van der Waals surface area contributed by atoms with Gasteiger partial charge in [0.1, 0.15) is 17.4 Å². The van der Waals surface area contributed by atoms with Crippen molar-refractivity contribution in [1.82, 2.24) is 4.90 Å². The molecule has 0 bridgehead atoms. The first-order chi connectivity index (χ1) is 9.98. The number of para-hydroxylation sites is 1. The van der Waals surface area contributed by atoms with Crippen LogP contribution in [0.15, 0.2) is 18.2 Å². The largest absolute Gasteiger partial charge is 0.485 e. The van der Waals surface area contributed by atoms with Crippen molar-refractivity contribution in [3.8, 4) is 5.75 Å². The lowest BCUT2D eigenvalue weighted by Crippen LogP contribution is -2.33. The lowest BCUT2D eigenvalue weighted by Gasteiger charge is -2.22. The van der Waals surface area contributed by atoms with Gasteiger partial charge in [0.15, 0.2) is 5.11 Å². The molecule has 0 aromatic heterocycles. The first-order valence-corrected chi connectivity index (χ1v) is 8.57. The number of amides is 1. The zero-order chi connectivity index (χ0) is 14.8. The minimum absolute atomic E-state index is 0.0757. The fraction of sp³-hybridized carbons (Fsp3) is 0.467. The van der Waals surface area contributed by atoms with Crippen molar-refractivity contribution in [2.45, 2.75) is 31.9 Å². The highest BCUT2D eigenvalue weighted by Gasteiger charge is 2.47. The molecular weight excluding hydrogens is 304 g/mol. The highest BCUT2D eigenvalue weighted by molar-refractivity contribution is 7.99. The number of thiocarbonyl (C=S) groups is 1. The number of fused-ring (bicyclic) bond motifs is 2. The molecular formula is C15H16N2O2S2. The fourth-order valence-electron chi connectivity index (χ4n) is 3.20. The van der Waals surface area contributed by atoms with E-state index in [1.54, 1.807) is 16.7 Å². The number of rotatable bonds is 1. The van der Waals surface area contributed by atoms with Crippen LogP contribution in [-0.4, -0.2) is 39.2 Å². The van der Waals surface area contributed by atoms with Crippen molar-refractivity contribution in [3.05, 3.63) is 23.8 Å². The Kier molecular flexibility index (Phi) is 2.78. The molecule has 0 saturated carbocycles. The number of ether oxygens (including phenoxy) is 1. The van der Waals surface area contributed by atoms with Gasteiger partial charge in [-0.25, -0.2) is 0 Å². The number of anilines is 1. The Morgan fingerprint density at radius 1 is 1.43 bits per heavy atom. The van der Waals surface area contributed by atoms with Gasteiger partial charge in [0.2, 0.25) is 0 Å². The minimum Gasteiger partial charge on any atom is -0.485 e. The van der Waals surface area contributed by atoms with Gasteiger partial charge in [0.25, 0.3) is 5.91 Å². The molecule has 1 atom stereocenters. The van der Waals surface area contributed by atoms with Crippen LogP contribution in [-0.2, 0) is 11.2 Å². The predicted octanol–water partition coefficient (Wildman–Crippen LogP) is 2.41. The molecule has 0 aliphatic carbocycles. The summed E-state index contributed by atoms with van der Waals surface area (Å²) in [5, 5.41) is 0.608. The quantitative estimate of drug-likeness (QED) is 0.742. The number of hydrogen-bond acceptors (Lipinski definition) is 4. The number of carbonyl (C=O) groups excluding carboxylic acids is 1. The van der Waals surface area contributed by atoms with E-state index < -0.39 is 0 Å². The maximum Gasteiger partial charge on any atom is 0.257 e. The van der Waals surface area contributed by atoms with Crippen LogP contribution < -0.4 is 9.64 Å². The number of thioether (sulfide) groups is 1.